The molecule has 1 aliphatic rings. The summed E-state index contributed by atoms with van der Waals surface area (Å²) in [6.45, 7) is 0.855. The number of hydrogen-bond donors (Lipinski definition) is 1. The van der Waals surface area contributed by atoms with Crippen LogP contribution in [0.1, 0.15) is 10.4 Å². The summed E-state index contributed by atoms with van der Waals surface area (Å²) in [5.74, 6) is 0.993. The summed E-state index contributed by atoms with van der Waals surface area (Å²) in [4.78, 5) is 5.72. The summed E-state index contributed by atoms with van der Waals surface area (Å²) in [7, 11) is 0. The number of imidazole rings is 1. The molecule has 3 aromatic heterocycles. The van der Waals surface area contributed by atoms with Gasteiger partial charge in [0.05, 0.1) is 18.9 Å². The third-order valence-electron chi connectivity index (χ3n) is 4.58. The number of aliphatic hydroxyl groups excluding tert-OH is 1. The molecule has 0 amide bonds. The van der Waals surface area contributed by atoms with E-state index in [9.17, 15) is 5.11 Å². The highest BCUT2D eigenvalue weighted by atomic mass is 32.1. The van der Waals surface area contributed by atoms with E-state index in [1.165, 1.54) is 5.56 Å². The summed E-state index contributed by atoms with van der Waals surface area (Å²) in [5.41, 5.74) is 6.51. The van der Waals surface area contributed by atoms with E-state index in [1.54, 1.807) is 11.3 Å². The maximum absolute atomic E-state index is 9.25. The van der Waals surface area contributed by atoms with Crippen molar-refractivity contribution < 1.29 is 9.84 Å². The molecule has 0 fully saturated rings. The second kappa shape index (κ2) is 5.72. The minimum absolute atomic E-state index is 0.0875. The number of ether oxygens (including phenoxy) is 1. The Morgan fingerprint density at radius 3 is 2.88 bits per heavy atom. The SMILES string of the molecule is OCc1cc(-c2ccc3nc(-c4ccc5c(c4)CCO5)cn3c2)cs1. The van der Waals surface area contributed by atoms with Gasteiger partial charge in [-0.15, -0.1) is 11.3 Å². The van der Waals surface area contributed by atoms with E-state index in [0.717, 1.165) is 51.7 Å². The van der Waals surface area contributed by atoms with Crippen LogP contribution in [0, 0.1) is 0 Å². The van der Waals surface area contributed by atoms with Gasteiger partial charge < -0.3 is 14.2 Å². The number of aliphatic hydroxyl groups is 1. The maximum atomic E-state index is 9.25. The predicted octanol–water partition coefficient (Wildman–Crippen LogP) is 4.16. The van der Waals surface area contributed by atoms with Crippen molar-refractivity contribution in [3.8, 4) is 28.1 Å². The topological polar surface area (TPSA) is 46.8 Å². The fourth-order valence-corrected chi connectivity index (χ4v) is 4.01. The largest absolute Gasteiger partial charge is 0.493 e. The molecule has 0 radical (unpaired) electrons. The highest BCUT2D eigenvalue weighted by molar-refractivity contribution is 7.10. The van der Waals surface area contributed by atoms with Crippen LogP contribution in [-0.2, 0) is 13.0 Å². The number of thiophene rings is 1. The van der Waals surface area contributed by atoms with Gasteiger partial charge in [-0.05, 0) is 58.5 Å². The summed E-state index contributed by atoms with van der Waals surface area (Å²) >= 11 is 1.58. The number of pyridine rings is 1. The molecule has 0 atom stereocenters. The standard InChI is InChI=1S/C20H16N2O2S/c23-11-17-8-16(12-25-17)15-2-4-20-21-18(10-22(20)9-15)13-1-3-19-14(7-13)5-6-24-19/h1-4,7-10,12,23H,5-6,11H2. The number of benzene rings is 1. The fourth-order valence-electron chi connectivity index (χ4n) is 3.26. The van der Waals surface area contributed by atoms with Gasteiger partial charge in [-0.25, -0.2) is 4.98 Å². The lowest BCUT2D eigenvalue weighted by atomic mass is 10.1. The molecule has 0 saturated carbocycles. The normalized spacial score (nSPS) is 13.2. The van der Waals surface area contributed by atoms with E-state index in [-0.39, 0.29) is 6.61 Å². The minimum atomic E-state index is 0.0875. The van der Waals surface area contributed by atoms with E-state index in [2.05, 4.69) is 40.4 Å². The van der Waals surface area contributed by atoms with Crippen LogP contribution < -0.4 is 4.74 Å². The van der Waals surface area contributed by atoms with Crippen LogP contribution in [0.5, 0.6) is 5.75 Å². The zero-order valence-corrected chi connectivity index (χ0v) is 14.3. The molecule has 0 bridgehead atoms. The monoisotopic (exact) mass is 348 g/mol. The van der Waals surface area contributed by atoms with Crippen LogP contribution in [0.25, 0.3) is 28.0 Å². The quantitative estimate of drug-likeness (QED) is 0.605. The molecule has 0 saturated heterocycles. The first-order chi connectivity index (χ1) is 12.3. The highest BCUT2D eigenvalue weighted by Gasteiger charge is 2.14. The first kappa shape index (κ1) is 14.7. The van der Waals surface area contributed by atoms with Crippen molar-refractivity contribution in [2.45, 2.75) is 13.0 Å². The molecular weight excluding hydrogens is 332 g/mol. The van der Waals surface area contributed by atoms with Crippen molar-refractivity contribution in [2.24, 2.45) is 0 Å². The molecule has 0 spiro atoms. The Morgan fingerprint density at radius 1 is 1.08 bits per heavy atom. The smallest absolute Gasteiger partial charge is 0.137 e. The van der Waals surface area contributed by atoms with Gasteiger partial charge in [0.25, 0.3) is 0 Å². The molecule has 124 valence electrons. The van der Waals surface area contributed by atoms with Crippen molar-refractivity contribution in [1.29, 1.82) is 0 Å². The van der Waals surface area contributed by atoms with Gasteiger partial charge in [-0.3, -0.25) is 0 Å². The van der Waals surface area contributed by atoms with Crippen LogP contribution in [0.4, 0.5) is 0 Å². The zero-order chi connectivity index (χ0) is 16.8. The van der Waals surface area contributed by atoms with Crippen LogP contribution in [0.2, 0.25) is 0 Å². The van der Waals surface area contributed by atoms with Crippen LogP contribution >= 0.6 is 11.3 Å². The maximum Gasteiger partial charge on any atom is 0.137 e. The number of nitrogens with zero attached hydrogens (tertiary/aromatic N) is 2. The molecule has 1 aliphatic heterocycles. The lowest BCUT2D eigenvalue weighted by molar-refractivity contribution is 0.285. The minimum Gasteiger partial charge on any atom is -0.493 e. The van der Waals surface area contributed by atoms with Gasteiger partial charge in [-0.1, -0.05) is 0 Å². The van der Waals surface area contributed by atoms with Crippen LogP contribution in [0.15, 0.2) is 54.2 Å². The molecule has 0 aliphatic carbocycles. The van der Waals surface area contributed by atoms with Crippen molar-refractivity contribution in [3.05, 3.63) is 64.6 Å². The van der Waals surface area contributed by atoms with E-state index in [1.807, 2.05) is 18.2 Å². The lowest BCUT2D eigenvalue weighted by Crippen LogP contribution is -1.85. The molecule has 0 unspecified atom stereocenters. The van der Waals surface area contributed by atoms with Gasteiger partial charge in [-0.2, -0.15) is 0 Å². The van der Waals surface area contributed by atoms with Gasteiger partial charge >= 0.3 is 0 Å². The van der Waals surface area contributed by atoms with Crippen molar-refractivity contribution in [2.75, 3.05) is 6.61 Å². The third kappa shape index (κ3) is 2.52. The second-order valence-electron chi connectivity index (χ2n) is 6.19. The van der Waals surface area contributed by atoms with Crippen LogP contribution in [0.3, 0.4) is 0 Å². The number of fused-ring (bicyclic) bond motifs is 2. The summed E-state index contributed by atoms with van der Waals surface area (Å²) < 4.78 is 7.64. The van der Waals surface area contributed by atoms with E-state index >= 15 is 0 Å². The third-order valence-corrected chi connectivity index (χ3v) is 5.50. The number of aromatic nitrogens is 2. The van der Waals surface area contributed by atoms with Crippen molar-refractivity contribution in [3.63, 3.8) is 0 Å². The number of hydrogen-bond acceptors (Lipinski definition) is 4. The Kier molecular flexibility index (Phi) is 3.36. The molecule has 4 aromatic rings. The Labute approximate surface area is 149 Å². The summed E-state index contributed by atoms with van der Waals surface area (Å²) in [6, 6.07) is 12.4. The summed E-state index contributed by atoms with van der Waals surface area (Å²) in [5, 5.41) is 11.3. The van der Waals surface area contributed by atoms with Gasteiger partial charge in [0.1, 0.15) is 11.4 Å². The first-order valence-electron chi connectivity index (χ1n) is 8.24. The molecule has 1 N–H and O–H groups in total. The summed E-state index contributed by atoms with van der Waals surface area (Å²) in [6.07, 6.45) is 5.12. The number of rotatable bonds is 3. The van der Waals surface area contributed by atoms with Gasteiger partial charge in [0.2, 0.25) is 0 Å². The van der Waals surface area contributed by atoms with Crippen LogP contribution in [-0.4, -0.2) is 21.1 Å². The average molecular weight is 348 g/mol. The Bertz CT molecular complexity index is 1080. The molecule has 25 heavy (non-hydrogen) atoms. The van der Waals surface area contributed by atoms with E-state index in [4.69, 9.17) is 9.72 Å². The Hall–Kier alpha value is -2.63. The van der Waals surface area contributed by atoms with Gasteiger partial charge in [0, 0.05) is 29.3 Å². The second-order valence-corrected chi connectivity index (χ2v) is 7.19. The fraction of sp³-hybridized carbons (Fsp3) is 0.150. The molecule has 1 aromatic carbocycles. The Morgan fingerprint density at radius 2 is 2.00 bits per heavy atom. The average Bonchev–Trinajstić information content (AvgIpc) is 3.37. The van der Waals surface area contributed by atoms with Crippen molar-refractivity contribution >= 4 is 17.0 Å². The van der Waals surface area contributed by atoms with E-state index in [0.29, 0.717) is 0 Å². The molecular formula is C20H16N2O2S. The van der Waals surface area contributed by atoms with Gasteiger partial charge in [0.15, 0.2) is 0 Å². The molecule has 4 heterocycles. The van der Waals surface area contributed by atoms with E-state index < -0.39 is 0 Å². The lowest BCUT2D eigenvalue weighted by Gasteiger charge is -2.00. The zero-order valence-electron chi connectivity index (χ0n) is 13.5. The first-order valence-corrected chi connectivity index (χ1v) is 9.11. The molecule has 5 heteroatoms. The predicted molar refractivity (Wildman–Crippen MR) is 99.1 cm³/mol. The Balaban J connectivity index is 1.55. The molecule has 4 nitrogen and oxygen atoms in total. The highest BCUT2D eigenvalue weighted by Crippen LogP contribution is 2.31. The molecule has 5 rings (SSSR count). The van der Waals surface area contributed by atoms with Crippen molar-refractivity contribution in [1.82, 2.24) is 9.38 Å².